The van der Waals surface area contributed by atoms with E-state index < -0.39 is 6.10 Å². The van der Waals surface area contributed by atoms with E-state index in [0.29, 0.717) is 49.7 Å². The van der Waals surface area contributed by atoms with E-state index in [1.807, 2.05) is 91.9 Å². The maximum Gasteiger partial charge on any atom is 0.211 e. The molecular weight excluding hydrogens is 647 g/mol. The number of carbonyl (C=O) groups excluding carboxylic acids is 1. The van der Waals surface area contributed by atoms with Crippen molar-refractivity contribution in [1.29, 1.82) is 0 Å². The molecule has 6 rings (SSSR count). The quantitative estimate of drug-likeness (QED) is 0.0780. The zero-order valence-electron chi connectivity index (χ0n) is 29.5. The van der Waals surface area contributed by atoms with E-state index in [-0.39, 0.29) is 0 Å². The van der Waals surface area contributed by atoms with Crippen molar-refractivity contribution in [3.63, 3.8) is 0 Å². The van der Waals surface area contributed by atoms with E-state index in [0.717, 1.165) is 46.8 Å². The monoisotopic (exact) mass is 691 g/mol. The fraction of sp³-hybridized carbons (Fsp3) is 0.178. The fourth-order valence-electron chi connectivity index (χ4n) is 6.16. The number of carbonyl (C=O) groups is 1. The maximum absolute atomic E-state index is 11.5. The summed E-state index contributed by atoms with van der Waals surface area (Å²) < 4.78 is 11.9. The van der Waals surface area contributed by atoms with Gasteiger partial charge in [-0.15, -0.1) is 0 Å². The molecule has 0 fully saturated rings. The van der Waals surface area contributed by atoms with Crippen molar-refractivity contribution in [3.05, 3.63) is 174 Å². The van der Waals surface area contributed by atoms with Crippen LogP contribution in [0, 0.1) is 0 Å². The third-order valence-corrected chi connectivity index (χ3v) is 8.84. The van der Waals surface area contributed by atoms with Gasteiger partial charge in [0.05, 0.1) is 18.4 Å². The molecule has 0 aliphatic carbocycles. The Morgan fingerprint density at radius 2 is 1.35 bits per heavy atom. The molecule has 7 nitrogen and oxygen atoms in total. The van der Waals surface area contributed by atoms with Gasteiger partial charge in [-0.2, -0.15) is 0 Å². The zero-order chi connectivity index (χ0) is 36.0. The largest absolute Gasteiger partial charge is 0.493 e. The van der Waals surface area contributed by atoms with Crippen LogP contribution in [0.15, 0.2) is 152 Å². The number of aliphatic hydroxyl groups is 1. The molecule has 0 spiro atoms. The number of amides is 1. The number of nitrogens with one attached hydrogen (secondary N) is 2. The van der Waals surface area contributed by atoms with Crippen molar-refractivity contribution < 1.29 is 19.4 Å². The van der Waals surface area contributed by atoms with E-state index in [4.69, 9.17) is 9.47 Å². The first kappa shape index (κ1) is 35.9. The lowest BCUT2D eigenvalue weighted by molar-refractivity contribution is -0.105. The minimum Gasteiger partial charge on any atom is -0.493 e. The Balaban J connectivity index is 1.11. The lowest BCUT2D eigenvalue weighted by Crippen LogP contribution is -2.30. The molecule has 0 bridgehead atoms. The van der Waals surface area contributed by atoms with Gasteiger partial charge in [0, 0.05) is 36.6 Å². The summed E-state index contributed by atoms with van der Waals surface area (Å²) in [7, 11) is 0. The van der Waals surface area contributed by atoms with Gasteiger partial charge in [0.2, 0.25) is 6.41 Å². The van der Waals surface area contributed by atoms with Gasteiger partial charge in [0.1, 0.15) is 18.1 Å². The number of ether oxygens (including phenoxy) is 2. The predicted molar refractivity (Wildman–Crippen MR) is 210 cm³/mol. The average molecular weight is 692 g/mol. The zero-order valence-corrected chi connectivity index (χ0v) is 29.5. The van der Waals surface area contributed by atoms with Crippen molar-refractivity contribution in [2.75, 3.05) is 30.3 Å². The minimum atomic E-state index is -0.777. The maximum atomic E-state index is 11.5. The summed E-state index contributed by atoms with van der Waals surface area (Å²) in [5.74, 6) is 1.41. The van der Waals surface area contributed by atoms with Gasteiger partial charge in [-0.25, -0.2) is 0 Å². The third kappa shape index (κ3) is 10.1. The Morgan fingerprint density at radius 3 is 2.04 bits per heavy atom. The second kappa shape index (κ2) is 18.4. The topological polar surface area (TPSA) is 83.1 Å². The predicted octanol–water partition coefficient (Wildman–Crippen LogP) is 9.42. The third-order valence-electron chi connectivity index (χ3n) is 8.84. The summed E-state index contributed by atoms with van der Waals surface area (Å²) >= 11 is 0. The highest BCUT2D eigenvalue weighted by Crippen LogP contribution is 2.34. The van der Waals surface area contributed by atoms with Crippen LogP contribution in [0.25, 0.3) is 11.1 Å². The second-order valence-electron chi connectivity index (χ2n) is 12.6. The van der Waals surface area contributed by atoms with Gasteiger partial charge in [-0.1, -0.05) is 109 Å². The van der Waals surface area contributed by atoms with Crippen LogP contribution in [0.1, 0.15) is 35.3 Å². The second-order valence-corrected chi connectivity index (χ2v) is 12.6. The Bertz CT molecular complexity index is 1990. The highest BCUT2D eigenvalue weighted by molar-refractivity contribution is 5.77. The summed E-state index contributed by atoms with van der Waals surface area (Å²) in [6.07, 6.45) is 0.662. The summed E-state index contributed by atoms with van der Waals surface area (Å²) in [5.41, 5.74) is 8.77. The minimum absolute atomic E-state index is 0.370. The molecule has 0 radical (unpaired) electrons. The summed E-state index contributed by atoms with van der Waals surface area (Å²) in [6.45, 7) is 4.83. The Kier molecular flexibility index (Phi) is 12.7. The average Bonchev–Trinajstić information content (AvgIpc) is 3.19. The van der Waals surface area contributed by atoms with Gasteiger partial charge < -0.3 is 25.2 Å². The van der Waals surface area contributed by atoms with Crippen LogP contribution in [0.5, 0.6) is 11.5 Å². The lowest BCUT2D eigenvalue weighted by atomic mass is 10.0. The van der Waals surface area contributed by atoms with E-state index in [2.05, 4.69) is 70.1 Å². The number of nitrogens with zero attached hydrogens (tertiary/aromatic N) is 1. The molecule has 52 heavy (non-hydrogen) atoms. The van der Waals surface area contributed by atoms with Crippen molar-refractivity contribution >= 4 is 23.5 Å². The lowest BCUT2D eigenvalue weighted by Gasteiger charge is -2.26. The van der Waals surface area contributed by atoms with E-state index in [1.165, 1.54) is 11.1 Å². The molecular formula is C45H45N3O4. The molecule has 7 heteroatoms. The molecule has 3 N–H and O–H groups in total. The Morgan fingerprint density at radius 1 is 0.692 bits per heavy atom. The molecule has 6 aromatic carbocycles. The number of hydrogen-bond acceptors (Lipinski definition) is 6. The molecule has 0 aliphatic rings. The van der Waals surface area contributed by atoms with Crippen LogP contribution in [0.2, 0.25) is 0 Å². The first-order valence-electron chi connectivity index (χ1n) is 17.7. The van der Waals surface area contributed by atoms with Gasteiger partial charge in [0.25, 0.3) is 0 Å². The Labute approximate surface area is 306 Å². The van der Waals surface area contributed by atoms with Crippen molar-refractivity contribution in [1.82, 2.24) is 4.90 Å². The van der Waals surface area contributed by atoms with Crippen LogP contribution in [-0.4, -0.2) is 36.1 Å². The summed E-state index contributed by atoms with van der Waals surface area (Å²) in [4.78, 5) is 13.7. The molecule has 0 aromatic heterocycles. The number of aliphatic hydroxyl groups excluding tert-OH is 1. The smallest absolute Gasteiger partial charge is 0.211 e. The fourth-order valence-corrected chi connectivity index (χ4v) is 6.16. The van der Waals surface area contributed by atoms with Gasteiger partial charge in [-0.05, 0) is 83.6 Å². The van der Waals surface area contributed by atoms with Crippen LogP contribution in [0.3, 0.4) is 0 Å². The van der Waals surface area contributed by atoms with Crippen LogP contribution < -0.4 is 20.1 Å². The molecule has 1 atom stereocenters. The van der Waals surface area contributed by atoms with E-state index in [1.54, 1.807) is 12.1 Å². The van der Waals surface area contributed by atoms with Gasteiger partial charge in [-0.3, -0.25) is 9.69 Å². The van der Waals surface area contributed by atoms with Gasteiger partial charge >= 0.3 is 0 Å². The molecule has 1 amide bonds. The molecule has 0 saturated heterocycles. The van der Waals surface area contributed by atoms with Crippen LogP contribution in [0.4, 0.5) is 17.1 Å². The number of rotatable bonds is 18. The number of benzene rings is 6. The molecule has 6 aromatic rings. The first-order chi connectivity index (χ1) is 25.6. The molecule has 0 unspecified atom stereocenters. The van der Waals surface area contributed by atoms with Crippen molar-refractivity contribution in [2.24, 2.45) is 0 Å². The molecule has 0 saturated carbocycles. The van der Waals surface area contributed by atoms with E-state index in [9.17, 15) is 9.90 Å². The standard InChI is InChI=1S/C45H45N3O4/c1-2-51-44-25-23-40(29-41(44)37-16-10-5-11-17-37)47-39-21-18-34(19-22-39)26-27-48(30-35-12-6-3-7-13-35)31-43(50)38-20-24-45(42(28-38)46-33-49)52-32-36-14-8-4-9-15-36/h3-25,28-29,33,43,47,50H,2,26-27,30-32H2,1H3,(H,46,49)/t43-/m0/s1. The summed E-state index contributed by atoms with van der Waals surface area (Å²) in [6, 6.07) is 50.6. The van der Waals surface area contributed by atoms with Crippen LogP contribution >= 0.6 is 0 Å². The van der Waals surface area contributed by atoms with E-state index >= 15 is 0 Å². The Hall–Kier alpha value is -5.89. The number of anilines is 3. The summed E-state index contributed by atoms with van der Waals surface area (Å²) in [5, 5.41) is 17.8. The normalized spacial score (nSPS) is 11.5. The highest BCUT2D eigenvalue weighted by Gasteiger charge is 2.17. The molecule has 264 valence electrons. The van der Waals surface area contributed by atoms with Crippen molar-refractivity contribution in [2.45, 2.75) is 32.6 Å². The highest BCUT2D eigenvalue weighted by atomic mass is 16.5. The molecule has 0 heterocycles. The first-order valence-corrected chi connectivity index (χ1v) is 17.7. The SMILES string of the molecule is CCOc1ccc(Nc2ccc(CCN(Cc3ccccc3)C[C@H](O)c3ccc(OCc4ccccc4)c(NC=O)c3)cc2)cc1-c1ccccc1. The number of hydrogen-bond donors (Lipinski definition) is 3. The van der Waals surface area contributed by atoms with Gasteiger partial charge in [0.15, 0.2) is 0 Å². The van der Waals surface area contributed by atoms with Crippen molar-refractivity contribution in [3.8, 4) is 22.6 Å². The molecule has 0 aliphatic heterocycles. The van der Waals surface area contributed by atoms with Crippen LogP contribution in [-0.2, 0) is 24.4 Å².